The smallest absolute Gasteiger partial charge is 0.415 e. The molecule has 15 heteroatoms. The Labute approximate surface area is 313 Å². The first-order valence-electron chi connectivity index (χ1n) is 17.3. The van der Waals surface area contributed by atoms with Crippen LogP contribution in [0, 0.1) is 23.1 Å². The largest absolute Gasteiger partial charge is 0.457 e. The minimum Gasteiger partial charge on any atom is -0.457 e. The number of carbonyl (C=O) groups excluding carboxylic acids is 2. The number of halogens is 2. The lowest BCUT2D eigenvalue weighted by Crippen LogP contribution is -2.35. The second-order valence-electron chi connectivity index (χ2n) is 13.7. The number of H-pyrrole nitrogens is 1. The van der Waals surface area contributed by atoms with Gasteiger partial charge in [-0.25, -0.2) is 23.9 Å². The number of ether oxygens (including phenoxy) is 2. The summed E-state index contributed by atoms with van der Waals surface area (Å²) in [4.78, 5) is 58.4. The van der Waals surface area contributed by atoms with E-state index < -0.39 is 29.4 Å². The van der Waals surface area contributed by atoms with E-state index in [9.17, 15) is 19.6 Å². The number of nitrogens with one attached hydrogen (secondary N) is 1. The van der Waals surface area contributed by atoms with Crippen molar-refractivity contribution in [1.82, 2.24) is 24.4 Å². The summed E-state index contributed by atoms with van der Waals surface area (Å²) in [6.45, 7) is 2.36. The SMILES string of the molecule is CN1CC2[C@@H](CCN2c2c(-c3cnc4c(c3)c(=O)c(C(=O)OCc3ccccc3)cn4C)cnc3[nH]c4c(N(C)C(=O)OCCl)cc(F)c(C#N)c4c23)C1. The quantitative estimate of drug-likeness (QED) is 0.154. The van der Waals surface area contributed by atoms with Crippen molar-refractivity contribution >= 4 is 68.0 Å². The summed E-state index contributed by atoms with van der Waals surface area (Å²) in [6, 6.07) is 13.7. The Kier molecular flexibility index (Phi) is 8.91. The molecule has 0 spiro atoms. The lowest BCUT2D eigenvalue weighted by molar-refractivity contribution is 0.0470. The zero-order valence-electron chi connectivity index (χ0n) is 29.6. The van der Waals surface area contributed by atoms with Crippen LogP contribution in [-0.2, 0) is 23.1 Å². The van der Waals surface area contributed by atoms with Gasteiger partial charge in [-0.1, -0.05) is 41.9 Å². The summed E-state index contributed by atoms with van der Waals surface area (Å²) in [5.74, 6) is -1.23. The van der Waals surface area contributed by atoms with Gasteiger partial charge >= 0.3 is 12.1 Å². The van der Waals surface area contributed by atoms with Crippen LogP contribution in [0.15, 0.2) is 65.8 Å². The number of carbonyl (C=O) groups is 2. The van der Waals surface area contributed by atoms with E-state index in [1.54, 1.807) is 30.1 Å². The number of esters is 1. The van der Waals surface area contributed by atoms with Crippen LogP contribution in [0.5, 0.6) is 0 Å². The van der Waals surface area contributed by atoms with E-state index in [4.69, 9.17) is 26.1 Å². The van der Waals surface area contributed by atoms with E-state index in [1.165, 1.54) is 13.2 Å². The Balaban J connectivity index is 1.35. The summed E-state index contributed by atoms with van der Waals surface area (Å²) in [7, 11) is 5.19. The van der Waals surface area contributed by atoms with Gasteiger partial charge in [0.05, 0.1) is 33.2 Å². The Morgan fingerprint density at radius 3 is 2.67 bits per heavy atom. The number of anilines is 2. The molecular weight excluding hydrogens is 715 g/mol. The van der Waals surface area contributed by atoms with Gasteiger partial charge in [0.2, 0.25) is 5.43 Å². The maximum absolute atomic E-state index is 15.9. The number of aryl methyl sites for hydroxylation is 1. The molecular formula is C39H34ClFN8O5. The second kappa shape index (κ2) is 13.7. The molecule has 2 aliphatic rings. The first-order chi connectivity index (χ1) is 26.1. The summed E-state index contributed by atoms with van der Waals surface area (Å²) in [5.41, 5.74) is 2.86. The molecule has 2 aromatic carbocycles. The average molecular weight is 749 g/mol. The van der Waals surface area contributed by atoms with Crippen LogP contribution >= 0.6 is 11.6 Å². The van der Waals surface area contributed by atoms with Gasteiger partial charge in [-0.2, -0.15) is 5.26 Å². The number of fused-ring (bicyclic) bond motifs is 5. The van der Waals surface area contributed by atoms with Gasteiger partial charge in [0.25, 0.3) is 0 Å². The molecule has 2 saturated heterocycles. The van der Waals surface area contributed by atoms with E-state index >= 15 is 4.39 Å². The molecule has 6 aromatic rings. The van der Waals surface area contributed by atoms with Gasteiger partial charge in [-0.15, -0.1) is 0 Å². The van der Waals surface area contributed by atoms with Crippen molar-refractivity contribution < 1.29 is 23.5 Å². The van der Waals surface area contributed by atoms with Crippen LogP contribution < -0.4 is 15.2 Å². The molecule has 13 nitrogen and oxygen atoms in total. The molecule has 4 aromatic heterocycles. The molecule has 0 bridgehead atoms. The lowest BCUT2D eigenvalue weighted by Gasteiger charge is -2.29. The average Bonchev–Trinajstić information content (AvgIpc) is 3.87. The van der Waals surface area contributed by atoms with Crippen LogP contribution in [0.4, 0.5) is 20.6 Å². The number of nitrogens with zero attached hydrogens (tertiary/aromatic N) is 7. The minimum absolute atomic E-state index is 0.00266. The number of likely N-dealkylation sites (N-methyl/N-ethyl adjacent to an activating group) is 1. The Morgan fingerprint density at radius 1 is 1.11 bits per heavy atom. The van der Waals surface area contributed by atoms with Crippen molar-refractivity contribution in [2.45, 2.75) is 19.1 Å². The molecule has 1 amide bonds. The van der Waals surface area contributed by atoms with Crippen molar-refractivity contribution in [3.05, 3.63) is 93.8 Å². The fourth-order valence-corrected chi connectivity index (χ4v) is 8.09. The molecule has 0 radical (unpaired) electrons. The number of rotatable bonds is 7. The number of hydrogen-bond acceptors (Lipinski definition) is 10. The van der Waals surface area contributed by atoms with Gasteiger partial charge in [-0.05, 0) is 31.0 Å². The molecule has 2 atom stereocenters. The van der Waals surface area contributed by atoms with Crippen LogP contribution in [0.25, 0.3) is 44.1 Å². The highest BCUT2D eigenvalue weighted by molar-refractivity contribution is 6.21. The number of aromatic amines is 1. The van der Waals surface area contributed by atoms with Crippen LogP contribution in [0.1, 0.15) is 27.9 Å². The molecule has 0 aliphatic carbocycles. The normalized spacial score (nSPS) is 16.9. The zero-order chi connectivity index (χ0) is 37.8. The third-order valence-electron chi connectivity index (χ3n) is 10.5. The number of hydrogen-bond donors (Lipinski definition) is 1. The predicted octanol–water partition coefficient (Wildman–Crippen LogP) is 5.91. The van der Waals surface area contributed by atoms with E-state index in [0.29, 0.717) is 51.5 Å². The summed E-state index contributed by atoms with van der Waals surface area (Å²) >= 11 is 5.67. The molecule has 274 valence electrons. The fourth-order valence-electron chi connectivity index (χ4n) is 8.00. The summed E-state index contributed by atoms with van der Waals surface area (Å²) in [6.07, 6.45) is 4.82. The Hall–Kier alpha value is -6.04. The van der Waals surface area contributed by atoms with Crippen molar-refractivity contribution in [3.63, 3.8) is 0 Å². The molecule has 6 heterocycles. The van der Waals surface area contributed by atoms with Crippen molar-refractivity contribution in [3.8, 4) is 17.2 Å². The number of pyridine rings is 3. The van der Waals surface area contributed by atoms with Gasteiger partial charge in [-0.3, -0.25) is 9.69 Å². The summed E-state index contributed by atoms with van der Waals surface area (Å²) < 4.78 is 28.1. The Morgan fingerprint density at radius 2 is 1.91 bits per heavy atom. The molecule has 2 aliphatic heterocycles. The number of benzene rings is 2. The second-order valence-corrected chi connectivity index (χ2v) is 14.0. The van der Waals surface area contributed by atoms with Gasteiger partial charge < -0.3 is 28.8 Å². The highest BCUT2D eigenvalue weighted by Gasteiger charge is 2.42. The molecule has 8 rings (SSSR count). The topological polar surface area (TPSA) is 150 Å². The van der Waals surface area contributed by atoms with E-state index in [2.05, 4.69) is 26.8 Å². The third kappa shape index (κ3) is 5.76. The lowest BCUT2D eigenvalue weighted by atomic mass is 9.98. The van der Waals surface area contributed by atoms with Gasteiger partial charge in [0, 0.05) is 80.9 Å². The number of nitriles is 1. The van der Waals surface area contributed by atoms with E-state index in [1.807, 2.05) is 36.4 Å². The number of amides is 1. The van der Waals surface area contributed by atoms with Crippen molar-refractivity contribution in [2.24, 2.45) is 13.0 Å². The van der Waals surface area contributed by atoms with Crippen molar-refractivity contribution in [1.29, 1.82) is 5.26 Å². The van der Waals surface area contributed by atoms with E-state index in [-0.39, 0.29) is 40.2 Å². The highest BCUT2D eigenvalue weighted by atomic mass is 35.5. The molecule has 1 N–H and O–H groups in total. The number of alkyl halides is 1. The molecule has 1 unspecified atom stereocenters. The maximum Gasteiger partial charge on any atom is 0.415 e. The van der Waals surface area contributed by atoms with Gasteiger partial charge in [0.15, 0.2) is 6.07 Å². The molecule has 2 fully saturated rings. The van der Waals surface area contributed by atoms with Crippen molar-refractivity contribution in [2.75, 3.05) is 49.6 Å². The summed E-state index contributed by atoms with van der Waals surface area (Å²) in [5, 5.41) is 11.3. The number of likely N-dealkylation sites (tertiary alicyclic amines) is 1. The van der Waals surface area contributed by atoms with Crippen LogP contribution in [0.3, 0.4) is 0 Å². The fraction of sp³-hybridized carbons (Fsp3) is 0.282. The maximum atomic E-state index is 15.9. The first kappa shape index (κ1) is 35.0. The minimum atomic E-state index is -0.828. The zero-order valence-corrected chi connectivity index (χ0v) is 30.4. The Bertz CT molecular complexity index is 2600. The molecule has 54 heavy (non-hydrogen) atoms. The molecule has 0 saturated carbocycles. The van der Waals surface area contributed by atoms with Crippen LogP contribution in [0.2, 0.25) is 0 Å². The monoisotopic (exact) mass is 748 g/mol. The third-order valence-corrected chi connectivity index (χ3v) is 10.6. The van der Waals surface area contributed by atoms with Crippen LogP contribution in [-0.4, -0.2) is 82.3 Å². The predicted molar refractivity (Wildman–Crippen MR) is 202 cm³/mol. The highest BCUT2D eigenvalue weighted by Crippen LogP contribution is 2.47. The van der Waals surface area contributed by atoms with E-state index in [0.717, 1.165) is 36.0 Å². The van der Waals surface area contributed by atoms with Gasteiger partial charge in [0.1, 0.15) is 35.4 Å². The first-order valence-corrected chi connectivity index (χ1v) is 17.8. The standard InChI is InChI=1S/C39H34ClFN8O5/c1-46-16-22-9-10-49(30(22)18-46)34-26(15-43-36-32(34)31-25(13-42)28(41)12-29(33(31)45-36)48(3)39(52)54-20-40)23-11-24-35(50)27(17-47(2)37(24)44-14-23)38(51)53-19-21-7-5-4-6-8-21/h4-8,11-12,14-15,17,22,30H,9-10,16,18-20H2,1-3H3,(H,43,45)/t22-,30?/m0/s1. The number of aromatic nitrogens is 4.